The third-order valence-electron chi connectivity index (χ3n) is 11.1. The maximum absolute atomic E-state index is 6.49. The van der Waals surface area contributed by atoms with Crippen LogP contribution in [0, 0.1) is 0 Å². The monoisotopic (exact) mass is 715 g/mol. The van der Waals surface area contributed by atoms with Gasteiger partial charge in [-0.2, -0.15) is 0 Å². The zero-order valence-electron chi connectivity index (χ0n) is 29.9. The summed E-state index contributed by atoms with van der Waals surface area (Å²) in [6, 6.07) is 61.0. The summed E-state index contributed by atoms with van der Waals surface area (Å²) >= 11 is 0. The number of para-hydroxylation sites is 1. The van der Waals surface area contributed by atoms with Crippen molar-refractivity contribution >= 4 is 76.2 Å². The second-order valence-electron chi connectivity index (χ2n) is 14.3. The summed E-state index contributed by atoms with van der Waals surface area (Å²) in [5.41, 5.74) is 8.13. The van der Waals surface area contributed by atoms with E-state index in [2.05, 4.69) is 127 Å². The molecule has 0 unspecified atom stereocenters. The molecule has 12 rings (SSSR count). The standard InChI is InChI=1S/C51H29N3O2/c1-2-11-30(12-3-1)33-25-28-43-41(29-33)48-40(19-10-22-45(48)56-43)51-53-49(52-50(54-51)39-18-9-21-44-47(39)37-16-6-7-20-42(37)55-44)38-17-8-14-32-24-26-35-34-15-5-4-13-31(34)23-27-36(35)46(32)38/h1-29H. The number of aromatic nitrogens is 3. The number of benzene rings is 9. The molecule has 5 heteroatoms. The number of furan rings is 2. The van der Waals surface area contributed by atoms with Crippen LogP contribution < -0.4 is 0 Å². The molecule has 0 atom stereocenters. The van der Waals surface area contributed by atoms with Crippen molar-refractivity contribution in [2.75, 3.05) is 0 Å². The summed E-state index contributed by atoms with van der Waals surface area (Å²) in [5, 5.41) is 10.9. The van der Waals surface area contributed by atoms with Gasteiger partial charge in [0.05, 0.1) is 0 Å². The van der Waals surface area contributed by atoms with Crippen LogP contribution in [0.5, 0.6) is 0 Å². The summed E-state index contributed by atoms with van der Waals surface area (Å²) < 4.78 is 12.8. The van der Waals surface area contributed by atoms with Gasteiger partial charge in [-0.05, 0) is 68.4 Å². The molecule has 12 aromatic rings. The van der Waals surface area contributed by atoms with Crippen molar-refractivity contribution in [1.82, 2.24) is 15.0 Å². The van der Waals surface area contributed by atoms with Crippen LogP contribution in [0.1, 0.15) is 0 Å². The first-order valence-electron chi connectivity index (χ1n) is 18.8. The molecule has 5 nitrogen and oxygen atoms in total. The van der Waals surface area contributed by atoms with Crippen LogP contribution in [0.15, 0.2) is 185 Å². The van der Waals surface area contributed by atoms with Crippen LogP contribution in [0.2, 0.25) is 0 Å². The van der Waals surface area contributed by atoms with E-state index in [0.717, 1.165) is 87.9 Å². The molecule has 0 spiro atoms. The first kappa shape index (κ1) is 30.8. The first-order chi connectivity index (χ1) is 27.7. The fourth-order valence-corrected chi connectivity index (χ4v) is 8.58. The van der Waals surface area contributed by atoms with Crippen molar-refractivity contribution in [2.24, 2.45) is 0 Å². The van der Waals surface area contributed by atoms with Crippen molar-refractivity contribution in [2.45, 2.75) is 0 Å². The fraction of sp³-hybridized carbons (Fsp3) is 0. The first-order valence-corrected chi connectivity index (χ1v) is 18.8. The summed E-state index contributed by atoms with van der Waals surface area (Å²) in [7, 11) is 0. The van der Waals surface area contributed by atoms with Crippen molar-refractivity contribution in [3.8, 4) is 45.3 Å². The Morgan fingerprint density at radius 3 is 1.57 bits per heavy atom. The Morgan fingerprint density at radius 1 is 0.286 bits per heavy atom. The molecule has 0 radical (unpaired) electrons. The highest BCUT2D eigenvalue weighted by atomic mass is 16.3. The average Bonchev–Trinajstić information content (AvgIpc) is 3.84. The van der Waals surface area contributed by atoms with Crippen LogP contribution in [-0.2, 0) is 0 Å². The Kier molecular flexibility index (Phi) is 6.56. The lowest BCUT2D eigenvalue weighted by atomic mass is 9.94. The Bertz CT molecular complexity index is 3550. The van der Waals surface area contributed by atoms with Crippen LogP contribution in [0.3, 0.4) is 0 Å². The molecular weight excluding hydrogens is 687 g/mol. The maximum atomic E-state index is 6.49. The third kappa shape index (κ3) is 4.64. The minimum atomic E-state index is 0.566. The van der Waals surface area contributed by atoms with Gasteiger partial charge >= 0.3 is 0 Å². The normalized spacial score (nSPS) is 11.9. The van der Waals surface area contributed by atoms with E-state index in [0.29, 0.717) is 17.5 Å². The Morgan fingerprint density at radius 2 is 0.821 bits per heavy atom. The van der Waals surface area contributed by atoms with Crippen molar-refractivity contribution in [1.29, 1.82) is 0 Å². The van der Waals surface area contributed by atoms with Gasteiger partial charge in [-0.15, -0.1) is 0 Å². The van der Waals surface area contributed by atoms with E-state index >= 15 is 0 Å². The summed E-state index contributed by atoms with van der Waals surface area (Å²) in [5.74, 6) is 1.73. The van der Waals surface area contributed by atoms with E-state index in [-0.39, 0.29) is 0 Å². The molecule has 3 aromatic heterocycles. The van der Waals surface area contributed by atoms with E-state index in [4.69, 9.17) is 23.8 Å². The molecule has 0 aliphatic carbocycles. The zero-order chi connectivity index (χ0) is 36.7. The van der Waals surface area contributed by atoms with Crippen molar-refractivity contribution in [3.05, 3.63) is 176 Å². The smallest absolute Gasteiger partial charge is 0.164 e. The van der Waals surface area contributed by atoms with Gasteiger partial charge in [-0.25, -0.2) is 15.0 Å². The molecule has 0 aliphatic heterocycles. The second-order valence-corrected chi connectivity index (χ2v) is 14.3. The van der Waals surface area contributed by atoms with E-state index in [9.17, 15) is 0 Å². The molecular formula is C51H29N3O2. The summed E-state index contributed by atoms with van der Waals surface area (Å²) in [4.78, 5) is 16.1. The number of hydrogen-bond donors (Lipinski definition) is 0. The van der Waals surface area contributed by atoms with E-state index in [1.54, 1.807) is 0 Å². The molecule has 56 heavy (non-hydrogen) atoms. The number of nitrogens with zero attached hydrogens (tertiary/aromatic N) is 3. The van der Waals surface area contributed by atoms with Gasteiger partial charge in [0.1, 0.15) is 22.3 Å². The predicted molar refractivity (Wildman–Crippen MR) is 229 cm³/mol. The summed E-state index contributed by atoms with van der Waals surface area (Å²) in [6.07, 6.45) is 0. The lowest BCUT2D eigenvalue weighted by Gasteiger charge is -2.13. The number of fused-ring (bicyclic) bond motifs is 11. The highest BCUT2D eigenvalue weighted by Crippen LogP contribution is 2.42. The van der Waals surface area contributed by atoms with E-state index in [1.165, 1.54) is 16.2 Å². The van der Waals surface area contributed by atoms with Crippen molar-refractivity contribution < 1.29 is 8.83 Å². The van der Waals surface area contributed by atoms with E-state index in [1.807, 2.05) is 48.5 Å². The topological polar surface area (TPSA) is 65.0 Å². The molecule has 0 fully saturated rings. The lowest BCUT2D eigenvalue weighted by Crippen LogP contribution is -2.01. The molecule has 0 bridgehead atoms. The van der Waals surface area contributed by atoms with Crippen LogP contribution in [0.4, 0.5) is 0 Å². The largest absolute Gasteiger partial charge is 0.456 e. The predicted octanol–water partition coefficient (Wildman–Crippen LogP) is 13.8. The van der Waals surface area contributed by atoms with Gasteiger partial charge in [0, 0.05) is 43.6 Å². The van der Waals surface area contributed by atoms with Gasteiger partial charge in [0.15, 0.2) is 17.5 Å². The molecule has 260 valence electrons. The summed E-state index contributed by atoms with van der Waals surface area (Å²) in [6.45, 7) is 0. The van der Waals surface area contributed by atoms with Gasteiger partial charge in [-0.1, -0.05) is 146 Å². The van der Waals surface area contributed by atoms with Gasteiger partial charge in [-0.3, -0.25) is 0 Å². The molecule has 0 amide bonds. The molecule has 0 N–H and O–H groups in total. The lowest BCUT2D eigenvalue weighted by molar-refractivity contribution is 0.668. The molecule has 3 heterocycles. The quantitative estimate of drug-likeness (QED) is 0.170. The second kappa shape index (κ2) is 11.9. The van der Waals surface area contributed by atoms with Crippen LogP contribution >= 0.6 is 0 Å². The molecule has 0 aliphatic rings. The number of hydrogen-bond acceptors (Lipinski definition) is 5. The number of rotatable bonds is 4. The minimum Gasteiger partial charge on any atom is -0.456 e. The third-order valence-corrected chi connectivity index (χ3v) is 11.1. The van der Waals surface area contributed by atoms with Gasteiger partial charge in [0.25, 0.3) is 0 Å². The highest BCUT2D eigenvalue weighted by molar-refractivity contribution is 6.21. The molecule has 0 saturated carbocycles. The van der Waals surface area contributed by atoms with Crippen LogP contribution in [-0.4, -0.2) is 15.0 Å². The molecule has 0 saturated heterocycles. The fourth-order valence-electron chi connectivity index (χ4n) is 8.58. The SMILES string of the molecule is c1ccc(-c2ccc3oc4cccc(-c5nc(-c6cccc7ccc8c9ccccc9ccc8c67)nc(-c6cccc7oc8ccccc8c67)n5)c4c3c2)cc1. The Balaban J connectivity index is 1.17. The van der Waals surface area contributed by atoms with E-state index < -0.39 is 0 Å². The minimum absolute atomic E-state index is 0.566. The Hall–Kier alpha value is -7.63. The van der Waals surface area contributed by atoms with Gasteiger partial charge in [0.2, 0.25) is 0 Å². The molecule has 9 aromatic carbocycles. The zero-order valence-corrected chi connectivity index (χ0v) is 29.9. The highest BCUT2D eigenvalue weighted by Gasteiger charge is 2.22. The average molecular weight is 716 g/mol. The van der Waals surface area contributed by atoms with Crippen LogP contribution in [0.25, 0.3) is 121 Å². The van der Waals surface area contributed by atoms with Crippen molar-refractivity contribution in [3.63, 3.8) is 0 Å². The Labute approximate surface area is 320 Å². The maximum Gasteiger partial charge on any atom is 0.164 e. The van der Waals surface area contributed by atoms with Gasteiger partial charge < -0.3 is 8.83 Å².